The van der Waals surface area contributed by atoms with Gasteiger partial charge < -0.3 is 4.74 Å². The van der Waals surface area contributed by atoms with Gasteiger partial charge in [-0.2, -0.15) is 4.31 Å². The van der Waals surface area contributed by atoms with Gasteiger partial charge in [-0.25, -0.2) is 8.42 Å². The van der Waals surface area contributed by atoms with Crippen LogP contribution in [0.4, 0.5) is 0 Å². The van der Waals surface area contributed by atoms with Gasteiger partial charge in [0.05, 0.1) is 12.4 Å². The fourth-order valence-corrected chi connectivity index (χ4v) is 3.02. The van der Waals surface area contributed by atoms with E-state index in [4.69, 9.17) is 4.74 Å². The average Bonchev–Trinajstić information content (AvgIpc) is 2.03. The molecular weight excluding hydrogens is 202 g/mol. The van der Waals surface area contributed by atoms with Crippen LogP contribution in [0.25, 0.3) is 0 Å². The number of methoxy groups -OCH3 is 1. The summed E-state index contributed by atoms with van der Waals surface area (Å²) in [4.78, 5) is 0. The first-order valence-electron chi connectivity index (χ1n) is 4.94. The zero-order chi connectivity index (χ0) is 11.2. The van der Waals surface area contributed by atoms with Crippen LogP contribution >= 0.6 is 0 Å². The van der Waals surface area contributed by atoms with Gasteiger partial charge >= 0.3 is 0 Å². The number of rotatable bonds is 7. The fraction of sp³-hybridized carbons (Fsp3) is 1.00. The number of sulfonamides is 1. The van der Waals surface area contributed by atoms with Gasteiger partial charge in [0.15, 0.2) is 0 Å². The topological polar surface area (TPSA) is 46.6 Å². The first-order chi connectivity index (χ1) is 6.45. The van der Waals surface area contributed by atoms with E-state index in [1.54, 1.807) is 7.11 Å². The molecular formula is C9H21NO3S. The SMILES string of the molecule is CCCS(=O)(=O)N(CCOC)C(C)C. The van der Waals surface area contributed by atoms with Gasteiger partial charge in [0.25, 0.3) is 0 Å². The van der Waals surface area contributed by atoms with Crippen molar-refractivity contribution < 1.29 is 13.2 Å². The van der Waals surface area contributed by atoms with Crippen molar-refractivity contribution >= 4 is 10.0 Å². The molecule has 86 valence electrons. The van der Waals surface area contributed by atoms with Crippen molar-refractivity contribution in [1.82, 2.24) is 4.31 Å². The van der Waals surface area contributed by atoms with Gasteiger partial charge in [-0.05, 0) is 20.3 Å². The monoisotopic (exact) mass is 223 g/mol. The second kappa shape index (κ2) is 6.37. The van der Waals surface area contributed by atoms with E-state index in [9.17, 15) is 8.42 Å². The van der Waals surface area contributed by atoms with Gasteiger partial charge in [0.1, 0.15) is 0 Å². The van der Waals surface area contributed by atoms with Crippen LogP contribution in [-0.2, 0) is 14.8 Å². The first-order valence-corrected chi connectivity index (χ1v) is 6.55. The molecule has 0 heterocycles. The second-order valence-corrected chi connectivity index (χ2v) is 5.55. The van der Waals surface area contributed by atoms with Crippen LogP contribution < -0.4 is 0 Å². The molecule has 0 aromatic rings. The summed E-state index contributed by atoms with van der Waals surface area (Å²) in [7, 11) is -1.52. The maximum atomic E-state index is 11.7. The summed E-state index contributed by atoms with van der Waals surface area (Å²) in [5.41, 5.74) is 0. The van der Waals surface area contributed by atoms with Gasteiger partial charge in [-0.15, -0.1) is 0 Å². The van der Waals surface area contributed by atoms with E-state index in [0.29, 0.717) is 19.6 Å². The van der Waals surface area contributed by atoms with Crippen LogP contribution in [0.2, 0.25) is 0 Å². The molecule has 0 bridgehead atoms. The third-order valence-corrected chi connectivity index (χ3v) is 4.15. The molecule has 5 heteroatoms. The summed E-state index contributed by atoms with van der Waals surface area (Å²) < 4.78 is 29.9. The minimum absolute atomic E-state index is 0.00157. The minimum atomic E-state index is -3.09. The highest BCUT2D eigenvalue weighted by atomic mass is 32.2. The Labute approximate surface area is 87.3 Å². The molecule has 0 aliphatic rings. The van der Waals surface area contributed by atoms with Crippen LogP contribution in [0, 0.1) is 0 Å². The van der Waals surface area contributed by atoms with Crippen molar-refractivity contribution in [3.8, 4) is 0 Å². The summed E-state index contributed by atoms with van der Waals surface area (Å²) >= 11 is 0. The molecule has 0 atom stereocenters. The molecule has 0 aromatic carbocycles. The Balaban J connectivity index is 4.48. The highest BCUT2D eigenvalue weighted by Crippen LogP contribution is 2.08. The molecule has 0 N–H and O–H groups in total. The fourth-order valence-electron chi connectivity index (χ4n) is 1.27. The van der Waals surface area contributed by atoms with Crippen LogP contribution in [0.1, 0.15) is 27.2 Å². The molecule has 0 aromatic heterocycles. The minimum Gasteiger partial charge on any atom is -0.383 e. The molecule has 0 rings (SSSR count). The largest absolute Gasteiger partial charge is 0.383 e. The van der Waals surface area contributed by atoms with Crippen molar-refractivity contribution in [2.24, 2.45) is 0 Å². The zero-order valence-corrected chi connectivity index (χ0v) is 10.3. The van der Waals surface area contributed by atoms with E-state index >= 15 is 0 Å². The maximum absolute atomic E-state index is 11.7. The quantitative estimate of drug-likeness (QED) is 0.649. The Morgan fingerprint density at radius 3 is 2.29 bits per heavy atom. The van der Waals surface area contributed by atoms with E-state index in [1.165, 1.54) is 4.31 Å². The number of hydrogen-bond acceptors (Lipinski definition) is 3. The zero-order valence-electron chi connectivity index (χ0n) is 9.49. The standard InChI is InChI=1S/C9H21NO3S/c1-5-8-14(11,12)10(9(2)3)6-7-13-4/h9H,5-8H2,1-4H3. The number of ether oxygens (including phenoxy) is 1. The Kier molecular flexibility index (Phi) is 6.31. The molecule has 0 saturated carbocycles. The van der Waals surface area contributed by atoms with E-state index in [1.807, 2.05) is 20.8 Å². The van der Waals surface area contributed by atoms with Gasteiger partial charge in [-0.3, -0.25) is 0 Å². The predicted octanol–water partition coefficient (Wildman–Crippen LogP) is 1.08. The highest BCUT2D eigenvalue weighted by molar-refractivity contribution is 7.89. The third-order valence-electron chi connectivity index (χ3n) is 1.91. The molecule has 0 aliphatic heterocycles. The lowest BCUT2D eigenvalue weighted by Gasteiger charge is -2.25. The van der Waals surface area contributed by atoms with E-state index in [0.717, 1.165) is 0 Å². The lowest BCUT2D eigenvalue weighted by atomic mass is 10.4. The Morgan fingerprint density at radius 2 is 1.93 bits per heavy atom. The normalized spacial score (nSPS) is 12.7. The van der Waals surface area contributed by atoms with Gasteiger partial charge in [0.2, 0.25) is 10.0 Å². The Hall–Kier alpha value is -0.130. The van der Waals surface area contributed by atoms with Crippen LogP contribution in [0.15, 0.2) is 0 Å². The van der Waals surface area contributed by atoms with Crippen LogP contribution in [0.3, 0.4) is 0 Å². The Bertz CT molecular complexity index is 236. The lowest BCUT2D eigenvalue weighted by Crippen LogP contribution is -2.40. The summed E-state index contributed by atoms with van der Waals surface area (Å²) in [5, 5.41) is 0. The average molecular weight is 223 g/mol. The first kappa shape index (κ1) is 13.9. The van der Waals surface area contributed by atoms with Crippen molar-refractivity contribution in [3.05, 3.63) is 0 Å². The van der Waals surface area contributed by atoms with Crippen molar-refractivity contribution in [3.63, 3.8) is 0 Å². The summed E-state index contributed by atoms with van der Waals surface area (Å²) in [6.07, 6.45) is 0.651. The van der Waals surface area contributed by atoms with Crippen LogP contribution in [0.5, 0.6) is 0 Å². The molecule has 0 fully saturated rings. The Morgan fingerprint density at radius 1 is 1.36 bits per heavy atom. The smallest absolute Gasteiger partial charge is 0.214 e. The van der Waals surface area contributed by atoms with E-state index in [2.05, 4.69) is 0 Å². The molecule has 0 unspecified atom stereocenters. The maximum Gasteiger partial charge on any atom is 0.214 e. The van der Waals surface area contributed by atoms with Gasteiger partial charge in [-0.1, -0.05) is 6.92 Å². The molecule has 0 aliphatic carbocycles. The molecule has 0 spiro atoms. The molecule has 0 radical (unpaired) electrons. The molecule has 4 nitrogen and oxygen atoms in total. The van der Waals surface area contributed by atoms with Gasteiger partial charge in [0, 0.05) is 19.7 Å². The van der Waals surface area contributed by atoms with Crippen molar-refractivity contribution in [2.45, 2.75) is 33.2 Å². The molecule has 0 saturated heterocycles. The summed E-state index contributed by atoms with van der Waals surface area (Å²) in [6.45, 7) is 6.51. The summed E-state index contributed by atoms with van der Waals surface area (Å²) in [6, 6.07) is 0.00157. The lowest BCUT2D eigenvalue weighted by molar-refractivity contribution is 0.171. The van der Waals surface area contributed by atoms with E-state index < -0.39 is 10.0 Å². The predicted molar refractivity (Wildman–Crippen MR) is 57.8 cm³/mol. The highest BCUT2D eigenvalue weighted by Gasteiger charge is 2.23. The second-order valence-electron chi connectivity index (χ2n) is 3.51. The van der Waals surface area contributed by atoms with E-state index in [-0.39, 0.29) is 11.8 Å². The summed E-state index contributed by atoms with van der Waals surface area (Å²) in [5.74, 6) is 0.217. The number of nitrogens with zero attached hydrogens (tertiary/aromatic N) is 1. The van der Waals surface area contributed by atoms with Crippen molar-refractivity contribution in [2.75, 3.05) is 26.0 Å². The third kappa shape index (κ3) is 4.39. The number of hydrogen-bond donors (Lipinski definition) is 0. The molecule has 0 amide bonds. The van der Waals surface area contributed by atoms with Crippen molar-refractivity contribution in [1.29, 1.82) is 0 Å². The molecule has 14 heavy (non-hydrogen) atoms. The van der Waals surface area contributed by atoms with Crippen LogP contribution in [-0.4, -0.2) is 44.8 Å².